The van der Waals surface area contributed by atoms with Gasteiger partial charge in [0.05, 0.1) is 11.4 Å². The van der Waals surface area contributed by atoms with E-state index in [4.69, 9.17) is 9.88 Å². The standard InChI is InChI=1S/C11H17NO6S3/c1-2-18-4-3-7-5-9(13)8-6-10(21(12,16)17)19-11(8)20(7,14)15/h6-7,9,13H,2-5H2,1H3,(H2,12,16,17). The predicted octanol–water partition coefficient (Wildman–Crippen LogP) is 0.402. The first kappa shape index (κ1) is 16.8. The molecule has 0 fully saturated rings. The SMILES string of the molecule is CCOCCC1CC(O)c2cc(S(N)(=O)=O)sc2S1(=O)=O. The van der Waals surface area contributed by atoms with Crippen LogP contribution in [0.5, 0.6) is 0 Å². The summed E-state index contributed by atoms with van der Waals surface area (Å²) in [6.45, 7) is 2.56. The predicted molar refractivity (Wildman–Crippen MR) is 77.4 cm³/mol. The van der Waals surface area contributed by atoms with Crippen LogP contribution in [0.1, 0.15) is 31.4 Å². The van der Waals surface area contributed by atoms with Gasteiger partial charge in [-0.05, 0) is 25.8 Å². The average Bonchev–Trinajstić information content (AvgIpc) is 2.82. The summed E-state index contributed by atoms with van der Waals surface area (Å²) in [7, 11) is -7.67. The van der Waals surface area contributed by atoms with Crippen LogP contribution in [0.3, 0.4) is 0 Å². The second kappa shape index (κ2) is 5.94. The van der Waals surface area contributed by atoms with Gasteiger partial charge < -0.3 is 9.84 Å². The van der Waals surface area contributed by atoms with Crippen molar-refractivity contribution in [2.75, 3.05) is 13.2 Å². The number of nitrogens with two attached hydrogens (primary N) is 1. The molecule has 1 aliphatic rings. The Bertz CT molecular complexity index is 721. The number of ether oxygens (including phenoxy) is 1. The van der Waals surface area contributed by atoms with Crippen molar-refractivity contribution in [2.24, 2.45) is 5.14 Å². The molecule has 0 radical (unpaired) electrons. The van der Waals surface area contributed by atoms with Crippen LogP contribution < -0.4 is 5.14 Å². The number of primary sulfonamides is 1. The van der Waals surface area contributed by atoms with Gasteiger partial charge in [-0.25, -0.2) is 22.0 Å². The van der Waals surface area contributed by atoms with E-state index in [1.807, 2.05) is 0 Å². The average molecular weight is 355 g/mol. The van der Waals surface area contributed by atoms with E-state index in [2.05, 4.69) is 0 Å². The quantitative estimate of drug-likeness (QED) is 0.737. The topological polar surface area (TPSA) is 124 Å². The lowest BCUT2D eigenvalue weighted by molar-refractivity contribution is 0.128. The van der Waals surface area contributed by atoms with Crippen LogP contribution in [0.15, 0.2) is 14.5 Å². The fourth-order valence-electron chi connectivity index (χ4n) is 2.25. The molecule has 2 heterocycles. The number of aliphatic hydroxyl groups excluding tert-OH is 1. The van der Waals surface area contributed by atoms with E-state index in [0.717, 1.165) is 6.07 Å². The van der Waals surface area contributed by atoms with Crippen molar-refractivity contribution < 1.29 is 26.7 Å². The fraction of sp³-hybridized carbons (Fsp3) is 0.636. The highest BCUT2D eigenvalue weighted by Crippen LogP contribution is 2.43. The first-order chi connectivity index (χ1) is 9.67. The third-order valence-corrected chi connectivity index (χ3v) is 8.68. The largest absolute Gasteiger partial charge is 0.388 e. The van der Waals surface area contributed by atoms with Crippen molar-refractivity contribution in [2.45, 2.75) is 39.5 Å². The molecule has 0 spiro atoms. The lowest BCUT2D eigenvalue weighted by Crippen LogP contribution is -2.30. The maximum atomic E-state index is 12.5. The van der Waals surface area contributed by atoms with Crippen molar-refractivity contribution in [3.63, 3.8) is 0 Å². The Hall–Kier alpha value is -0.520. The Morgan fingerprint density at radius 2 is 2.19 bits per heavy atom. The molecule has 120 valence electrons. The summed E-state index contributed by atoms with van der Waals surface area (Å²) in [6, 6.07) is 1.15. The molecule has 0 saturated heterocycles. The molecule has 1 aromatic heterocycles. The van der Waals surface area contributed by atoms with Crippen molar-refractivity contribution in [1.29, 1.82) is 0 Å². The van der Waals surface area contributed by atoms with E-state index in [1.165, 1.54) is 0 Å². The summed E-state index contributed by atoms with van der Waals surface area (Å²) in [4.78, 5) is 0. The Balaban J connectivity index is 2.40. The number of hydrogen-bond acceptors (Lipinski definition) is 7. The first-order valence-electron chi connectivity index (χ1n) is 6.34. The smallest absolute Gasteiger partial charge is 0.247 e. The number of aliphatic hydroxyl groups is 1. The number of sulfonamides is 1. The van der Waals surface area contributed by atoms with E-state index in [1.54, 1.807) is 6.92 Å². The maximum Gasteiger partial charge on any atom is 0.247 e. The molecule has 2 atom stereocenters. The van der Waals surface area contributed by atoms with Crippen molar-refractivity contribution in [3.8, 4) is 0 Å². The second-order valence-electron chi connectivity index (χ2n) is 4.76. The number of thiophene rings is 1. The second-order valence-corrected chi connectivity index (χ2v) is 10.0. The molecule has 21 heavy (non-hydrogen) atoms. The highest BCUT2D eigenvalue weighted by atomic mass is 32.3. The van der Waals surface area contributed by atoms with Crippen molar-refractivity contribution >= 4 is 31.2 Å². The summed E-state index contributed by atoms with van der Waals surface area (Å²) >= 11 is 0.594. The zero-order valence-electron chi connectivity index (χ0n) is 11.4. The monoisotopic (exact) mass is 355 g/mol. The van der Waals surface area contributed by atoms with Gasteiger partial charge in [-0.2, -0.15) is 0 Å². The third kappa shape index (κ3) is 3.30. The van der Waals surface area contributed by atoms with Gasteiger partial charge >= 0.3 is 0 Å². The van der Waals surface area contributed by atoms with E-state index < -0.39 is 31.2 Å². The minimum Gasteiger partial charge on any atom is -0.388 e. The van der Waals surface area contributed by atoms with Gasteiger partial charge in [0, 0.05) is 18.8 Å². The molecule has 10 heteroatoms. The van der Waals surface area contributed by atoms with Crippen LogP contribution in [0.2, 0.25) is 0 Å². The maximum absolute atomic E-state index is 12.5. The van der Waals surface area contributed by atoms with Crippen LogP contribution in [-0.2, 0) is 24.6 Å². The van der Waals surface area contributed by atoms with Crippen LogP contribution >= 0.6 is 11.3 Å². The molecule has 0 aromatic carbocycles. The Morgan fingerprint density at radius 1 is 1.52 bits per heavy atom. The summed E-state index contributed by atoms with van der Waals surface area (Å²) in [5.74, 6) is 0. The molecule has 3 N–H and O–H groups in total. The zero-order chi connectivity index (χ0) is 15.8. The Morgan fingerprint density at radius 3 is 2.76 bits per heavy atom. The number of hydrogen-bond donors (Lipinski definition) is 2. The highest BCUT2D eigenvalue weighted by Gasteiger charge is 2.40. The van der Waals surface area contributed by atoms with Crippen molar-refractivity contribution in [1.82, 2.24) is 0 Å². The Kier molecular flexibility index (Phi) is 4.76. The van der Waals surface area contributed by atoms with Gasteiger partial charge in [-0.1, -0.05) is 0 Å². The molecular formula is C11H17NO6S3. The van der Waals surface area contributed by atoms with Gasteiger partial charge in [0.15, 0.2) is 9.84 Å². The molecule has 0 saturated carbocycles. The Labute approximate surface area is 127 Å². The summed E-state index contributed by atoms with van der Waals surface area (Å²) in [5.41, 5.74) is 0.122. The third-order valence-electron chi connectivity index (χ3n) is 3.31. The van der Waals surface area contributed by atoms with E-state index in [9.17, 15) is 21.9 Å². The zero-order valence-corrected chi connectivity index (χ0v) is 13.8. The van der Waals surface area contributed by atoms with Crippen LogP contribution in [0.25, 0.3) is 0 Å². The number of fused-ring (bicyclic) bond motifs is 1. The molecule has 0 amide bonds. The van der Waals surface area contributed by atoms with Gasteiger partial charge in [-0.15, -0.1) is 11.3 Å². The van der Waals surface area contributed by atoms with Crippen LogP contribution in [0.4, 0.5) is 0 Å². The van der Waals surface area contributed by atoms with Crippen LogP contribution in [-0.4, -0.2) is 40.4 Å². The number of sulfone groups is 1. The number of rotatable bonds is 5. The molecule has 2 unspecified atom stereocenters. The van der Waals surface area contributed by atoms with E-state index in [0.29, 0.717) is 17.9 Å². The lowest BCUT2D eigenvalue weighted by atomic mass is 10.1. The van der Waals surface area contributed by atoms with Gasteiger partial charge in [0.2, 0.25) is 10.0 Å². The normalized spacial score (nSPS) is 24.7. The molecular weight excluding hydrogens is 338 g/mol. The summed E-state index contributed by atoms with van der Waals surface area (Å²) in [6.07, 6.45) is -0.722. The van der Waals surface area contributed by atoms with Crippen LogP contribution in [0, 0.1) is 0 Å². The highest BCUT2D eigenvalue weighted by molar-refractivity contribution is 7.95. The minimum absolute atomic E-state index is 0.0310. The molecule has 1 aliphatic heterocycles. The minimum atomic E-state index is -3.99. The van der Waals surface area contributed by atoms with Gasteiger partial charge in [0.25, 0.3) is 0 Å². The lowest BCUT2D eigenvalue weighted by Gasteiger charge is -2.26. The van der Waals surface area contributed by atoms with E-state index in [-0.39, 0.29) is 33.4 Å². The molecule has 1 aromatic rings. The molecule has 0 bridgehead atoms. The van der Waals surface area contributed by atoms with Gasteiger partial charge in [-0.3, -0.25) is 0 Å². The van der Waals surface area contributed by atoms with Gasteiger partial charge in [0.1, 0.15) is 8.42 Å². The molecule has 0 aliphatic carbocycles. The first-order valence-corrected chi connectivity index (χ1v) is 10.2. The molecule has 2 rings (SSSR count). The summed E-state index contributed by atoms with van der Waals surface area (Å²) in [5, 5.41) is 14.3. The molecule has 7 nitrogen and oxygen atoms in total. The van der Waals surface area contributed by atoms with E-state index >= 15 is 0 Å². The summed E-state index contributed by atoms with van der Waals surface area (Å²) < 4.78 is 52.5. The fourth-order valence-corrected chi connectivity index (χ4v) is 6.90. The van der Waals surface area contributed by atoms with Crippen molar-refractivity contribution in [3.05, 3.63) is 11.6 Å².